The molecule has 2 rings (SSSR count). The monoisotopic (exact) mass is 327 g/mol. The van der Waals surface area contributed by atoms with Gasteiger partial charge in [-0.05, 0) is 43.8 Å². The lowest BCUT2D eigenvalue weighted by molar-refractivity contribution is -0.115. The van der Waals surface area contributed by atoms with Crippen LogP contribution in [0.25, 0.3) is 0 Å². The Kier molecular flexibility index (Phi) is 7.01. The molecule has 4 N–H and O–H groups in total. The van der Waals surface area contributed by atoms with Crippen molar-refractivity contribution in [1.29, 1.82) is 0 Å². The summed E-state index contributed by atoms with van der Waals surface area (Å²) in [5.74, 6) is -0.170. The summed E-state index contributed by atoms with van der Waals surface area (Å²) in [6.07, 6.45) is 8.69. The van der Waals surface area contributed by atoms with Gasteiger partial charge in [0.15, 0.2) is 0 Å². The summed E-state index contributed by atoms with van der Waals surface area (Å²) in [5, 5.41) is 6.18. The molecule has 1 amide bonds. The van der Waals surface area contributed by atoms with Crippen molar-refractivity contribution in [1.82, 2.24) is 5.32 Å². The number of hydrogen-bond donors (Lipinski definition) is 3. The number of carbonyl (C=O) groups excluding carboxylic acids is 1. The van der Waals surface area contributed by atoms with Crippen molar-refractivity contribution in [2.45, 2.75) is 38.1 Å². The van der Waals surface area contributed by atoms with E-state index >= 15 is 0 Å². The van der Waals surface area contributed by atoms with Crippen molar-refractivity contribution < 1.29 is 4.79 Å². The molecule has 0 aromatic heterocycles. The lowest BCUT2D eigenvalue weighted by Crippen LogP contribution is -2.40. The van der Waals surface area contributed by atoms with Crippen LogP contribution in [0.15, 0.2) is 46.5 Å². The highest BCUT2D eigenvalue weighted by molar-refractivity contribution is 6.43. The van der Waals surface area contributed by atoms with Crippen LogP contribution in [-0.4, -0.2) is 31.0 Å². The molecule has 1 saturated carbocycles. The second kappa shape index (κ2) is 9.50. The number of nitrogens with zero attached hydrogens (tertiary/aromatic N) is 2. The maximum absolute atomic E-state index is 12.4. The predicted octanol–water partition coefficient (Wildman–Crippen LogP) is 2.74. The van der Waals surface area contributed by atoms with E-state index in [-0.39, 0.29) is 18.6 Å². The van der Waals surface area contributed by atoms with E-state index in [0.29, 0.717) is 11.4 Å². The fourth-order valence-corrected chi connectivity index (χ4v) is 2.69. The van der Waals surface area contributed by atoms with Gasteiger partial charge in [0.1, 0.15) is 12.4 Å². The molecular weight excluding hydrogens is 302 g/mol. The number of hydrogen-bond acceptors (Lipinski definition) is 5. The molecule has 1 aliphatic rings. The number of nitrogens with two attached hydrogens (primary N) is 1. The maximum Gasteiger partial charge on any atom is 0.269 e. The first-order chi connectivity index (χ1) is 11.7. The molecule has 1 fully saturated rings. The zero-order valence-electron chi connectivity index (χ0n) is 13.9. The van der Waals surface area contributed by atoms with Crippen LogP contribution in [0.4, 0.5) is 11.4 Å². The minimum Gasteiger partial charge on any atom is -0.399 e. The van der Waals surface area contributed by atoms with Gasteiger partial charge >= 0.3 is 0 Å². The quantitative estimate of drug-likeness (QED) is 0.531. The van der Waals surface area contributed by atoms with Crippen molar-refractivity contribution in [3.63, 3.8) is 0 Å². The first-order valence-corrected chi connectivity index (χ1v) is 8.26. The van der Waals surface area contributed by atoms with E-state index in [1.54, 1.807) is 6.08 Å². The first kappa shape index (κ1) is 17.7. The number of benzene rings is 1. The molecule has 0 bridgehead atoms. The highest BCUT2D eigenvalue weighted by atomic mass is 16.1. The molecular formula is C18H25N5O. The molecule has 0 saturated heterocycles. The molecule has 0 atom stereocenters. The zero-order valence-corrected chi connectivity index (χ0v) is 13.9. The third-order valence-corrected chi connectivity index (χ3v) is 3.93. The van der Waals surface area contributed by atoms with E-state index in [4.69, 9.17) is 5.73 Å². The average Bonchev–Trinajstić information content (AvgIpc) is 2.59. The van der Waals surface area contributed by atoms with Crippen LogP contribution >= 0.6 is 0 Å². The Morgan fingerprint density at radius 2 is 2.12 bits per heavy atom. The Bertz CT molecular complexity index is 618. The van der Waals surface area contributed by atoms with Gasteiger partial charge in [0.25, 0.3) is 5.91 Å². The van der Waals surface area contributed by atoms with Crippen LogP contribution in [0, 0.1) is 0 Å². The van der Waals surface area contributed by atoms with Crippen molar-refractivity contribution in [2.24, 2.45) is 9.98 Å². The number of carbonyl (C=O) groups is 1. The van der Waals surface area contributed by atoms with E-state index in [1.165, 1.54) is 25.5 Å². The van der Waals surface area contributed by atoms with Crippen LogP contribution in [0.1, 0.15) is 32.1 Å². The average molecular weight is 327 g/mol. The largest absolute Gasteiger partial charge is 0.399 e. The number of nitrogens with one attached hydrogen (secondary N) is 2. The lowest BCUT2D eigenvalue weighted by atomic mass is 9.95. The van der Waals surface area contributed by atoms with Crippen molar-refractivity contribution >= 4 is 29.7 Å². The summed E-state index contributed by atoms with van der Waals surface area (Å²) in [7, 11) is 0. The minimum atomic E-state index is -0.170. The van der Waals surface area contributed by atoms with Crippen molar-refractivity contribution in [2.75, 3.05) is 17.7 Å². The Morgan fingerprint density at radius 3 is 2.83 bits per heavy atom. The van der Waals surface area contributed by atoms with Crippen molar-refractivity contribution in [3.05, 3.63) is 36.5 Å². The van der Waals surface area contributed by atoms with Gasteiger partial charge in [-0.2, -0.15) is 0 Å². The SMILES string of the molecule is C=N/C=C\C(=N/CNc1cccc(N)c1)C(=O)NC1CCCCC1. The van der Waals surface area contributed by atoms with Gasteiger partial charge in [0.2, 0.25) is 0 Å². The van der Waals surface area contributed by atoms with Crippen LogP contribution in [-0.2, 0) is 4.79 Å². The standard InChI is InChI=1S/C18H25N5O/c1-20-11-10-17(18(24)23-15-7-3-2-4-8-15)22-13-21-16-9-5-6-14(19)12-16/h5-6,9-12,15,21H,1-4,7-8,13,19H2,(H,23,24)/b11-10-,22-17+. The molecule has 0 radical (unpaired) electrons. The van der Waals surface area contributed by atoms with Gasteiger partial charge in [-0.3, -0.25) is 14.8 Å². The fourth-order valence-electron chi connectivity index (χ4n) is 2.69. The summed E-state index contributed by atoms with van der Waals surface area (Å²) in [4.78, 5) is 20.4. The third kappa shape index (κ3) is 5.87. The van der Waals surface area contributed by atoms with Crippen molar-refractivity contribution in [3.8, 4) is 0 Å². The molecule has 1 aromatic rings. The van der Waals surface area contributed by atoms with E-state index in [0.717, 1.165) is 18.5 Å². The zero-order chi connectivity index (χ0) is 17.2. The van der Waals surface area contributed by atoms with Gasteiger partial charge in [-0.25, -0.2) is 0 Å². The van der Waals surface area contributed by atoms with E-state index < -0.39 is 0 Å². The van der Waals surface area contributed by atoms with E-state index in [1.807, 2.05) is 24.3 Å². The normalized spacial score (nSPS) is 16.1. The minimum absolute atomic E-state index is 0.170. The maximum atomic E-state index is 12.4. The van der Waals surface area contributed by atoms with Crippen LogP contribution < -0.4 is 16.4 Å². The van der Waals surface area contributed by atoms with Gasteiger partial charge in [-0.15, -0.1) is 0 Å². The molecule has 6 nitrogen and oxygen atoms in total. The van der Waals surface area contributed by atoms with Gasteiger partial charge in [0, 0.05) is 23.6 Å². The molecule has 1 aromatic carbocycles. The number of aliphatic imine (C=N–C) groups is 2. The number of rotatable bonds is 7. The summed E-state index contributed by atoms with van der Waals surface area (Å²) in [6.45, 7) is 3.67. The fraction of sp³-hybridized carbons (Fsp3) is 0.389. The second-order valence-corrected chi connectivity index (χ2v) is 5.81. The molecule has 0 unspecified atom stereocenters. The summed E-state index contributed by atoms with van der Waals surface area (Å²) >= 11 is 0. The van der Waals surface area contributed by atoms with E-state index in [9.17, 15) is 4.79 Å². The lowest BCUT2D eigenvalue weighted by Gasteiger charge is -2.22. The first-order valence-electron chi connectivity index (χ1n) is 8.26. The highest BCUT2D eigenvalue weighted by Gasteiger charge is 2.17. The third-order valence-electron chi connectivity index (χ3n) is 3.93. The Balaban J connectivity index is 1.96. The van der Waals surface area contributed by atoms with Gasteiger partial charge in [0.05, 0.1) is 0 Å². The highest BCUT2D eigenvalue weighted by Crippen LogP contribution is 2.17. The Labute approximate surface area is 143 Å². The van der Waals surface area contributed by atoms with Crippen LogP contribution in [0.5, 0.6) is 0 Å². The van der Waals surface area contributed by atoms with Crippen LogP contribution in [0.2, 0.25) is 0 Å². The summed E-state index contributed by atoms with van der Waals surface area (Å²) < 4.78 is 0. The van der Waals surface area contributed by atoms with E-state index in [2.05, 4.69) is 27.3 Å². The summed E-state index contributed by atoms with van der Waals surface area (Å²) in [6, 6.07) is 7.63. The molecule has 0 heterocycles. The molecule has 6 heteroatoms. The Morgan fingerprint density at radius 1 is 1.33 bits per heavy atom. The second-order valence-electron chi connectivity index (χ2n) is 5.81. The molecule has 24 heavy (non-hydrogen) atoms. The smallest absolute Gasteiger partial charge is 0.269 e. The van der Waals surface area contributed by atoms with Gasteiger partial charge < -0.3 is 16.4 Å². The molecule has 0 aliphatic heterocycles. The van der Waals surface area contributed by atoms with Gasteiger partial charge in [-0.1, -0.05) is 25.3 Å². The number of nitrogen functional groups attached to an aromatic ring is 1. The Hall–Kier alpha value is -2.63. The molecule has 0 spiro atoms. The topological polar surface area (TPSA) is 91.9 Å². The molecule has 1 aliphatic carbocycles. The predicted molar refractivity (Wildman–Crippen MR) is 100 cm³/mol. The van der Waals surface area contributed by atoms with Crippen LogP contribution in [0.3, 0.4) is 0 Å². The summed E-state index contributed by atoms with van der Waals surface area (Å²) in [5.41, 5.74) is 7.61. The number of anilines is 2. The number of amides is 1. The molecule has 128 valence electrons.